The van der Waals surface area contributed by atoms with E-state index in [4.69, 9.17) is 11.5 Å². The Morgan fingerprint density at radius 3 is 2.03 bits per heavy atom. The van der Waals surface area contributed by atoms with Crippen LogP contribution in [-0.2, 0) is 25.6 Å². The molecule has 0 saturated carbocycles. The highest BCUT2D eigenvalue weighted by Crippen LogP contribution is 2.12. The molecule has 3 amide bonds. The van der Waals surface area contributed by atoms with E-state index >= 15 is 0 Å². The maximum absolute atomic E-state index is 12.9. The van der Waals surface area contributed by atoms with Gasteiger partial charge in [0.25, 0.3) is 0 Å². The molecule has 12 heteroatoms. The predicted molar refractivity (Wildman–Crippen MR) is 121 cm³/mol. The second-order valence-corrected chi connectivity index (χ2v) is 7.49. The highest BCUT2D eigenvalue weighted by atomic mass is 32.1. The average molecular weight is 470 g/mol. The Morgan fingerprint density at radius 1 is 0.906 bits per heavy atom. The SMILES string of the molecule is NCCCCC(NC(=O)C(Cc1ccc(O)cc1)NC(=O)C(CS)NC(=O)CN)C(=O)O. The number of aliphatic carboxylic acids is 1. The maximum atomic E-state index is 12.9. The van der Waals surface area contributed by atoms with Gasteiger partial charge in [-0.3, -0.25) is 14.4 Å². The van der Waals surface area contributed by atoms with Crippen LogP contribution in [0.4, 0.5) is 0 Å². The number of carbonyl (C=O) groups is 4. The van der Waals surface area contributed by atoms with Gasteiger partial charge in [-0.1, -0.05) is 12.1 Å². The molecule has 0 heterocycles. The lowest BCUT2D eigenvalue weighted by Gasteiger charge is -2.24. The molecule has 0 aliphatic carbocycles. The molecular formula is C20H31N5O6S. The van der Waals surface area contributed by atoms with Crippen molar-refractivity contribution < 1.29 is 29.4 Å². The van der Waals surface area contributed by atoms with Gasteiger partial charge in [-0.15, -0.1) is 0 Å². The van der Waals surface area contributed by atoms with Gasteiger partial charge in [-0.05, 0) is 43.5 Å². The van der Waals surface area contributed by atoms with E-state index in [-0.39, 0.29) is 30.9 Å². The molecule has 0 radical (unpaired) electrons. The molecule has 0 saturated heterocycles. The number of hydrogen-bond acceptors (Lipinski definition) is 8. The fourth-order valence-electron chi connectivity index (χ4n) is 2.82. The molecule has 11 nitrogen and oxygen atoms in total. The number of thiol groups is 1. The van der Waals surface area contributed by atoms with Crippen molar-refractivity contribution in [2.24, 2.45) is 11.5 Å². The monoisotopic (exact) mass is 469 g/mol. The molecule has 0 aliphatic rings. The number of unbranched alkanes of at least 4 members (excludes halogenated alkanes) is 1. The molecule has 3 atom stereocenters. The Labute approximate surface area is 191 Å². The van der Waals surface area contributed by atoms with Crippen LogP contribution in [0.5, 0.6) is 5.75 Å². The van der Waals surface area contributed by atoms with Crippen molar-refractivity contribution in [3.05, 3.63) is 29.8 Å². The predicted octanol–water partition coefficient (Wildman–Crippen LogP) is -1.51. The fraction of sp³-hybridized carbons (Fsp3) is 0.500. The van der Waals surface area contributed by atoms with Crippen LogP contribution in [0, 0.1) is 0 Å². The van der Waals surface area contributed by atoms with Crippen molar-refractivity contribution in [3.8, 4) is 5.75 Å². The smallest absolute Gasteiger partial charge is 0.326 e. The number of rotatable bonds is 14. The quantitative estimate of drug-likeness (QED) is 0.119. The zero-order valence-electron chi connectivity index (χ0n) is 17.6. The Morgan fingerprint density at radius 2 is 1.50 bits per heavy atom. The van der Waals surface area contributed by atoms with Gasteiger partial charge in [0, 0.05) is 12.2 Å². The maximum Gasteiger partial charge on any atom is 0.326 e. The third-order valence-corrected chi connectivity index (χ3v) is 4.96. The van der Waals surface area contributed by atoms with Crippen LogP contribution >= 0.6 is 12.6 Å². The molecular weight excluding hydrogens is 438 g/mol. The number of carboxylic acids is 1. The third-order valence-electron chi connectivity index (χ3n) is 4.59. The third kappa shape index (κ3) is 9.54. The van der Waals surface area contributed by atoms with E-state index in [1.165, 1.54) is 12.1 Å². The van der Waals surface area contributed by atoms with Gasteiger partial charge in [-0.25, -0.2) is 4.79 Å². The summed E-state index contributed by atoms with van der Waals surface area (Å²) in [5.74, 6) is -3.14. The van der Waals surface area contributed by atoms with Crippen LogP contribution in [0.25, 0.3) is 0 Å². The highest BCUT2D eigenvalue weighted by Gasteiger charge is 2.29. The van der Waals surface area contributed by atoms with Gasteiger partial charge in [-0.2, -0.15) is 12.6 Å². The van der Waals surface area contributed by atoms with Crippen molar-refractivity contribution >= 4 is 36.3 Å². The van der Waals surface area contributed by atoms with Crippen LogP contribution in [0.15, 0.2) is 24.3 Å². The van der Waals surface area contributed by atoms with E-state index in [0.717, 1.165) is 0 Å². The van der Waals surface area contributed by atoms with E-state index in [1.54, 1.807) is 12.1 Å². The van der Waals surface area contributed by atoms with Gasteiger partial charge in [0.1, 0.15) is 23.9 Å². The van der Waals surface area contributed by atoms with Crippen molar-refractivity contribution in [2.45, 2.75) is 43.8 Å². The topological polar surface area (TPSA) is 197 Å². The first kappa shape index (κ1) is 27.2. The summed E-state index contributed by atoms with van der Waals surface area (Å²) in [6, 6.07) is 2.68. The number of nitrogens with two attached hydrogens (primary N) is 2. The number of carboxylic acid groups (broad SMARTS) is 1. The van der Waals surface area contributed by atoms with Gasteiger partial charge in [0.15, 0.2) is 0 Å². The highest BCUT2D eigenvalue weighted by molar-refractivity contribution is 7.80. The summed E-state index contributed by atoms with van der Waals surface area (Å²) in [6.45, 7) is 0.0809. The average Bonchev–Trinajstić information content (AvgIpc) is 2.77. The van der Waals surface area contributed by atoms with Gasteiger partial charge in [0.05, 0.1) is 6.54 Å². The molecule has 0 bridgehead atoms. The minimum absolute atomic E-state index is 0.0249. The molecule has 32 heavy (non-hydrogen) atoms. The molecule has 1 aromatic rings. The number of carbonyl (C=O) groups excluding carboxylic acids is 3. The second kappa shape index (κ2) is 14.3. The van der Waals surface area contributed by atoms with Gasteiger partial charge < -0.3 is 37.6 Å². The molecule has 0 fully saturated rings. The first-order valence-electron chi connectivity index (χ1n) is 10.1. The van der Waals surface area contributed by atoms with Gasteiger partial charge in [0.2, 0.25) is 17.7 Å². The van der Waals surface area contributed by atoms with Crippen LogP contribution < -0.4 is 27.4 Å². The number of hydrogen-bond donors (Lipinski definition) is 8. The van der Waals surface area contributed by atoms with Crippen molar-refractivity contribution in [2.75, 3.05) is 18.8 Å². The summed E-state index contributed by atoms with van der Waals surface area (Å²) < 4.78 is 0. The normalized spacial score (nSPS) is 13.5. The van der Waals surface area contributed by atoms with E-state index in [9.17, 15) is 29.4 Å². The Balaban J connectivity index is 3.00. The van der Waals surface area contributed by atoms with Crippen molar-refractivity contribution in [3.63, 3.8) is 0 Å². The lowest BCUT2D eigenvalue weighted by Crippen LogP contribution is -2.57. The summed E-state index contributed by atoms with van der Waals surface area (Å²) in [6.07, 6.45) is 1.33. The first-order chi connectivity index (χ1) is 15.2. The number of amides is 3. The Kier molecular flexibility index (Phi) is 12.1. The molecule has 9 N–H and O–H groups in total. The lowest BCUT2D eigenvalue weighted by atomic mass is 10.0. The number of aromatic hydroxyl groups is 1. The van der Waals surface area contributed by atoms with Gasteiger partial charge >= 0.3 is 5.97 Å². The number of phenolic OH excluding ortho intramolecular Hbond substituents is 1. The number of phenols is 1. The Hall–Kier alpha value is -2.83. The van der Waals surface area contributed by atoms with Crippen LogP contribution in [-0.4, -0.2) is 70.9 Å². The number of benzene rings is 1. The van der Waals surface area contributed by atoms with Crippen LogP contribution in [0.2, 0.25) is 0 Å². The van der Waals surface area contributed by atoms with E-state index in [1.807, 2.05) is 0 Å². The second-order valence-electron chi connectivity index (χ2n) is 7.12. The first-order valence-corrected chi connectivity index (χ1v) is 10.8. The summed E-state index contributed by atoms with van der Waals surface area (Å²) >= 11 is 4.05. The van der Waals surface area contributed by atoms with Crippen LogP contribution in [0.1, 0.15) is 24.8 Å². The largest absolute Gasteiger partial charge is 0.508 e. The fourth-order valence-corrected chi connectivity index (χ4v) is 3.08. The van der Waals surface area contributed by atoms with E-state index < -0.39 is 41.8 Å². The lowest BCUT2D eigenvalue weighted by molar-refractivity contribution is -0.142. The molecule has 1 aromatic carbocycles. The molecule has 1 rings (SSSR count). The van der Waals surface area contributed by atoms with Crippen molar-refractivity contribution in [1.29, 1.82) is 0 Å². The number of nitrogens with one attached hydrogen (secondary N) is 3. The summed E-state index contributed by atoms with van der Waals surface area (Å²) in [5.41, 5.74) is 11.3. The molecule has 0 aliphatic heterocycles. The van der Waals surface area contributed by atoms with E-state index in [2.05, 4.69) is 28.6 Å². The Bertz CT molecular complexity index is 776. The standard InChI is InChI=1S/C20H31N5O6S/c21-8-2-1-3-14(20(30)31)24-18(28)15(9-12-4-6-13(26)7-5-12)25-19(29)16(11-32)23-17(27)10-22/h4-7,14-16,26,32H,1-3,8-11,21-22H2,(H,23,27)(H,24,28)(H,25,29)(H,30,31). The zero-order chi connectivity index (χ0) is 24.1. The van der Waals surface area contributed by atoms with Crippen LogP contribution in [0.3, 0.4) is 0 Å². The summed E-state index contributed by atoms with van der Waals surface area (Å²) in [7, 11) is 0. The summed E-state index contributed by atoms with van der Waals surface area (Å²) in [5, 5.41) is 26.3. The minimum Gasteiger partial charge on any atom is -0.508 e. The van der Waals surface area contributed by atoms with Crippen molar-refractivity contribution in [1.82, 2.24) is 16.0 Å². The molecule has 3 unspecified atom stereocenters. The minimum atomic E-state index is -1.20. The zero-order valence-corrected chi connectivity index (χ0v) is 18.5. The molecule has 0 aromatic heterocycles. The molecule has 178 valence electrons. The molecule has 0 spiro atoms. The summed E-state index contributed by atoms with van der Waals surface area (Å²) in [4.78, 5) is 48.6. The van der Waals surface area contributed by atoms with E-state index in [0.29, 0.717) is 24.9 Å².